The molecule has 0 saturated carbocycles. The fourth-order valence-corrected chi connectivity index (χ4v) is 2.92. The number of hydrogen-bond donors (Lipinski definition) is 3. The van der Waals surface area contributed by atoms with Gasteiger partial charge in [0.25, 0.3) is 11.8 Å². The minimum atomic E-state index is -0.372. The van der Waals surface area contributed by atoms with Gasteiger partial charge in [-0.25, -0.2) is 0 Å². The Kier molecular flexibility index (Phi) is 9.80. The van der Waals surface area contributed by atoms with Crippen molar-refractivity contribution in [1.29, 1.82) is 0 Å². The molecule has 2 rings (SSSR count). The third-order valence-corrected chi connectivity index (χ3v) is 4.63. The zero-order valence-electron chi connectivity index (χ0n) is 17.5. The predicted molar refractivity (Wildman–Crippen MR) is 123 cm³/mol. The van der Waals surface area contributed by atoms with E-state index in [1.807, 2.05) is 13.0 Å². The van der Waals surface area contributed by atoms with Crippen molar-refractivity contribution in [2.45, 2.75) is 46.0 Å². The van der Waals surface area contributed by atoms with Crippen molar-refractivity contribution in [3.63, 3.8) is 0 Å². The molecule has 0 heterocycles. The molecular weight excluding hydrogens is 398 g/mol. The molecule has 0 fully saturated rings. The first-order chi connectivity index (χ1) is 14.5. The van der Waals surface area contributed by atoms with Gasteiger partial charge in [0.05, 0.1) is 6.61 Å². The molecule has 0 bridgehead atoms. The standard InChI is InChI=1S/C23H29N3O3S/c1-3-4-5-6-7-15-29-20-13-11-18(12-14-20)21(27)24-23(30)26-25-22(28)19-10-8-9-17(2)16-19/h8-14,16H,3-7,15H2,1-2H3,(H,25,28)(H2,24,26,27,30). The van der Waals surface area contributed by atoms with Gasteiger partial charge in [-0.1, -0.05) is 50.3 Å². The van der Waals surface area contributed by atoms with E-state index >= 15 is 0 Å². The number of hydrazine groups is 1. The SMILES string of the molecule is CCCCCCCOc1ccc(C(=O)NC(=S)NNC(=O)c2cccc(C)c2)cc1. The molecule has 0 aliphatic rings. The van der Waals surface area contributed by atoms with E-state index in [0.717, 1.165) is 17.7 Å². The quantitative estimate of drug-likeness (QED) is 0.316. The Bertz CT molecular complexity index is 853. The van der Waals surface area contributed by atoms with Crippen molar-refractivity contribution < 1.29 is 14.3 Å². The van der Waals surface area contributed by atoms with Crippen molar-refractivity contribution in [1.82, 2.24) is 16.2 Å². The highest BCUT2D eigenvalue weighted by Crippen LogP contribution is 2.13. The van der Waals surface area contributed by atoms with Crippen LogP contribution in [0.1, 0.15) is 65.3 Å². The third-order valence-electron chi connectivity index (χ3n) is 4.43. The van der Waals surface area contributed by atoms with Gasteiger partial charge >= 0.3 is 0 Å². The second-order valence-corrected chi connectivity index (χ2v) is 7.43. The highest BCUT2D eigenvalue weighted by atomic mass is 32.1. The Balaban J connectivity index is 1.73. The summed E-state index contributed by atoms with van der Waals surface area (Å²) >= 11 is 5.07. The molecule has 160 valence electrons. The average Bonchev–Trinajstić information content (AvgIpc) is 2.75. The number of amides is 2. The fraction of sp³-hybridized carbons (Fsp3) is 0.348. The summed E-state index contributed by atoms with van der Waals surface area (Å²) in [6, 6.07) is 14.0. The third kappa shape index (κ3) is 8.21. The molecule has 7 heteroatoms. The Morgan fingerprint density at radius 1 is 0.900 bits per heavy atom. The number of carbonyl (C=O) groups is 2. The van der Waals surface area contributed by atoms with Crippen molar-refractivity contribution in [2.75, 3.05) is 6.61 Å². The van der Waals surface area contributed by atoms with E-state index < -0.39 is 0 Å². The van der Waals surface area contributed by atoms with E-state index in [0.29, 0.717) is 17.7 Å². The molecule has 0 saturated heterocycles. The summed E-state index contributed by atoms with van der Waals surface area (Å²) in [5.74, 6) is 0.0167. The summed E-state index contributed by atoms with van der Waals surface area (Å²) in [5.41, 5.74) is 6.92. The van der Waals surface area contributed by atoms with Crippen LogP contribution in [0, 0.1) is 6.92 Å². The smallest absolute Gasteiger partial charge is 0.269 e. The number of benzene rings is 2. The van der Waals surface area contributed by atoms with Crippen molar-refractivity contribution >= 4 is 29.1 Å². The molecule has 0 radical (unpaired) electrons. The minimum Gasteiger partial charge on any atom is -0.494 e. The van der Waals surface area contributed by atoms with Crippen molar-refractivity contribution in [2.24, 2.45) is 0 Å². The highest BCUT2D eigenvalue weighted by Gasteiger charge is 2.10. The lowest BCUT2D eigenvalue weighted by Crippen LogP contribution is -2.48. The van der Waals surface area contributed by atoms with Crippen LogP contribution in [0.15, 0.2) is 48.5 Å². The molecule has 2 amide bonds. The normalized spacial score (nSPS) is 10.2. The first kappa shape index (κ1) is 23.3. The topological polar surface area (TPSA) is 79.5 Å². The number of unbranched alkanes of at least 4 members (excludes halogenated alkanes) is 4. The van der Waals surface area contributed by atoms with E-state index in [2.05, 4.69) is 23.1 Å². The molecule has 30 heavy (non-hydrogen) atoms. The van der Waals surface area contributed by atoms with Crippen LogP contribution < -0.4 is 20.9 Å². The van der Waals surface area contributed by atoms with E-state index in [1.165, 1.54) is 25.7 Å². The Labute approximate surface area is 183 Å². The van der Waals surface area contributed by atoms with Gasteiger partial charge < -0.3 is 4.74 Å². The molecule has 0 unspecified atom stereocenters. The number of ether oxygens (including phenoxy) is 1. The van der Waals surface area contributed by atoms with Crippen molar-refractivity contribution in [3.8, 4) is 5.75 Å². The molecule has 6 nitrogen and oxygen atoms in total. The van der Waals surface area contributed by atoms with Gasteiger partial charge in [0, 0.05) is 11.1 Å². The van der Waals surface area contributed by atoms with Gasteiger partial charge in [-0.05, 0) is 62.0 Å². The van der Waals surface area contributed by atoms with Gasteiger partial charge in [0.15, 0.2) is 5.11 Å². The van der Waals surface area contributed by atoms with Crippen LogP contribution >= 0.6 is 12.2 Å². The van der Waals surface area contributed by atoms with Crippen LogP contribution in [0.5, 0.6) is 5.75 Å². The molecular formula is C23H29N3O3S. The van der Waals surface area contributed by atoms with Crippen LogP contribution in [-0.4, -0.2) is 23.5 Å². The lowest BCUT2D eigenvalue weighted by atomic mass is 10.1. The van der Waals surface area contributed by atoms with E-state index in [-0.39, 0.29) is 16.9 Å². The summed E-state index contributed by atoms with van der Waals surface area (Å²) in [6.45, 7) is 4.77. The second-order valence-electron chi connectivity index (χ2n) is 7.02. The summed E-state index contributed by atoms with van der Waals surface area (Å²) in [5, 5.41) is 2.54. The molecule has 2 aromatic rings. The first-order valence-electron chi connectivity index (χ1n) is 10.2. The van der Waals surface area contributed by atoms with Gasteiger partial charge in [-0.15, -0.1) is 0 Å². The summed E-state index contributed by atoms with van der Waals surface area (Å²) in [7, 11) is 0. The van der Waals surface area contributed by atoms with Gasteiger partial charge in [0.2, 0.25) is 0 Å². The number of rotatable bonds is 9. The largest absolute Gasteiger partial charge is 0.494 e. The monoisotopic (exact) mass is 427 g/mol. The average molecular weight is 428 g/mol. The molecule has 0 atom stereocenters. The lowest BCUT2D eigenvalue weighted by Gasteiger charge is -2.11. The number of hydrogen-bond acceptors (Lipinski definition) is 4. The van der Waals surface area contributed by atoms with Gasteiger partial charge in [-0.3, -0.25) is 25.8 Å². The molecule has 3 N–H and O–H groups in total. The number of nitrogens with one attached hydrogen (secondary N) is 3. The lowest BCUT2D eigenvalue weighted by molar-refractivity contribution is 0.0934. The molecule has 2 aromatic carbocycles. The Hall–Kier alpha value is -2.93. The summed E-state index contributed by atoms with van der Waals surface area (Å²) in [6.07, 6.45) is 5.91. The van der Waals surface area contributed by atoms with E-state index in [9.17, 15) is 9.59 Å². The first-order valence-corrected chi connectivity index (χ1v) is 10.6. The predicted octanol–water partition coefficient (Wildman–Crippen LogP) is 4.29. The van der Waals surface area contributed by atoms with Crippen LogP contribution in [0.25, 0.3) is 0 Å². The molecule has 0 aliphatic heterocycles. The maximum atomic E-state index is 12.3. The minimum absolute atomic E-state index is 0.00779. The fourth-order valence-electron chi connectivity index (χ4n) is 2.78. The second kappa shape index (κ2) is 12.6. The summed E-state index contributed by atoms with van der Waals surface area (Å²) < 4.78 is 5.70. The van der Waals surface area contributed by atoms with Gasteiger partial charge in [-0.2, -0.15) is 0 Å². The summed E-state index contributed by atoms with van der Waals surface area (Å²) in [4.78, 5) is 24.4. The Morgan fingerprint density at radius 2 is 1.63 bits per heavy atom. The maximum Gasteiger partial charge on any atom is 0.269 e. The number of aryl methyl sites for hydroxylation is 1. The van der Waals surface area contributed by atoms with Crippen LogP contribution in [0.2, 0.25) is 0 Å². The number of carbonyl (C=O) groups excluding carboxylic acids is 2. The highest BCUT2D eigenvalue weighted by molar-refractivity contribution is 7.80. The Morgan fingerprint density at radius 3 is 2.33 bits per heavy atom. The van der Waals surface area contributed by atoms with Crippen molar-refractivity contribution in [3.05, 3.63) is 65.2 Å². The van der Waals surface area contributed by atoms with Crippen LogP contribution in [-0.2, 0) is 0 Å². The molecule has 0 aromatic heterocycles. The molecule has 0 aliphatic carbocycles. The van der Waals surface area contributed by atoms with Crippen LogP contribution in [0.4, 0.5) is 0 Å². The zero-order chi connectivity index (χ0) is 21.8. The zero-order valence-corrected chi connectivity index (χ0v) is 18.3. The van der Waals surface area contributed by atoms with Gasteiger partial charge in [0.1, 0.15) is 5.75 Å². The van der Waals surface area contributed by atoms with E-state index in [1.54, 1.807) is 42.5 Å². The maximum absolute atomic E-state index is 12.3. The van der Waals surface area contributed by atoms with Crippen LogP contribution in [0.3, 0.4) is 0 Å². The molecule has 0 spiro atoms. The number of thiocarbonyl (C=S) groups is 1. The van der Waals surface area contributed by atoms with E-state index in [4.69, 9.17) is 17.0 Å².